The number of benzene rings is 2. The van der Waals surface area contributed by atoms with Gasteiger partial charge in [0.25, 0.3) is 5.91 Å². The number of nitrogens with one attached hydrogen (secondary N) is 1. The summed E-state index contributed by atoms with van der Waals surface area (Å²) in [7, 11) is -2.97. The zero-order valence-corrected chi connectivity index (χ0v) is 30.8. The number of aryl methyl sites for hydroxylation is 1. The first-order valence-corrected chi connectivity index (χ1v) is 20.3. The van der Waals surface area contributed by atoms with E-state index in [1.54, 1.807) is 6.07 Å². The SMILES string of the molecule is C=S1(=O)NC(=O)c2ccc3c(c2)N(C[C@@H]2CC[C@H]2[C@@H](OCC(=O)N2CCOCC2)/C=C/C[C@H](C)[C@H]1C)C[C@@]1(CCCc2cc(Cl)ccc21)CO3. The van der Waals surface area contributed by atoms with Gasteiger partial charge in [0.15, 0.2) is 0 Å². The van der Waals surface area contributed by atoms with Crippen molar-refractivity contribution in [2.75, 3.05) is 57.5 Å². The Morgan fingerprint density at radius 1 is 1.16 bits per heavy atom. The van der Waals surface area contributed by atoms with Crippen LogP contribution in [-0.4, -0.2) is 90.8 Å². The van der Waals surface area contributed by atoms with Gasteiger partial charge in [-0.15, -0.1) is 0 Å². The Hall–Kier alpha value is -3.05. The summed E-state index contributed by atoms with van der Waals surface area (Å²) in [6, 6.07) is 11.8. The van der Waals surface area contributed by atoms with Crippen molar-refractivity contribution in [3.05, 3.63) is 70.3 Å². The molecule has 3 aliphatic heterocycles. The maximum atomic E-state index is 13.9. The summed E-state index contributed by atoms with van der Waals surface area (Å²) in [6.07, 6.45) is 9.65. The molecular formula is C39H50ClN3O6S. The molecule has 2 aromatic carbocycles. The Morgan fingerprint density at radius 3 is 2.76 bits per heavy atom. The summed E-state index contributed by atoms with van der Waals surface area (Å²) < 4.78 is 35.3. The summed E-state index contributed by atoms with van der Waals surface area (Å²) in [4.78, 5) is 31.1. The normalized spacial score (nSPS) is 33.6. The zero-order valence-electron chi connectivity index (χ0n) is 29.2. The molecule has 7 atom stereocenters. The van der Waals surface area contributed by atoms with E-state index in [0.717, 1.165) is 61.7 Å². The lowest BCUT2D eigenvalue weighted by molar-refractivity contribution is -0.143. The van der Waals surface area contributed by atoms with E-state index in [2.05, 4.69) is 39.8 Å². The second kappa shape index (κ2) is 14.5. The summed E-state index contributed by atoms with van der Waals surface area (Å²) in [5.41, 5.74) is 3.59. The highest BCUT2D eigenvalue weighted by Crippen LogP contribution is 2.47. The van der Waals surface area contributed by atoms with Gasteiger partial charge in [-0.3, -0.25) is 14.3 Å². The van der Waals surface area contributed by atoms with Crippen molar-refractivity contribution < 1.29 is 28.0 Å². The minimum Gasteiger partial charge on any atom is -0.490 e. The van der Waals surface area contributed by atoms with Gasteiger partial charge in [-0.2, -0.15) is 0 Å². The van der Waals surface area contributed by atoms with E-state index >= 15 is 0 Å². The van der Waals surface area contributed by atoms with Crippen LogP contribution in [-0.2, 0) is 35.8 Å². The van der Waals surface area contributed by atoms with Crippen LogP contribution in [0, 0.1) is 17.8 Å². The summed E-state index contributed by atoms with van der Waals surface area (Å²) in [6.45, 7) is 8.20. The smallest absolute Gasteiger partial charge is 0.262 e. The van der Waals surface area contributed by atoms with E-state index in [-0.39, 0.29) is 41.1 Å². The number of carbonyl (C=O) groups excluding carboxylic acids is 2. The van der Waals surface area contributed by atoms with Crippen molar-refractivity contribution in [1.29, 1.82) is 0 Å². The number of allylic oxidation sites excluding steroid dienone is 1. The van der Waals surface area contributed by atoms with Gasteiger partial charge in [0.05, 0.1) is 41.3 Å². The number of rotatable bonds is 3. The maximum Gasteiger partial charge on any atom is 0.262 e. The van der Waals surface area contributed by atoms with Crippen LogP contribution in [0.4, 0.5) is 5.69 Å². The molecule has 2 fully saturated rings. The van der Waals surface area contributed by atoms with Gasteiger partial charge in [0, 0.05) is 47.4 Å². The average Bonchev–Trinajstić information content (AvgIpc) is 3.24. The highest BCUT2D eigenvalue weighted by Gasteiger charge is 2.44. The second-order valence-electron chi connectivity index (χ2n) is 15.1. The molecule has 1 saturated heterocycles. The maximum absolute atomic E-state index is 13.9. The van der Waals surface area contributed by atoms with Gasteiger partial charge >= 0.3 is 0 Å². The molecule has 7 rings (SSSR count). The van der Waals surface area contributed by atoms with E-state index in [1.165, 1.54) is 11.1 Å². The Morgan fingerprint density at radius 2 is 1.98 bits per heavy atom. The van der Waals surface area contributed by atoms with E-state index in [1.807, 2.05) is 36.9 Å². The number of anilines is 1. The highest BCUT2D eigenvalue weighted by atomic mass is 35.5. The first-order chi connectivity index (χ1) is 24.0. The predicted molar refractivity (Wildman–Crippen MR) is 199 cm³/mol. The van der Waals surface area contributed by atoms with Crippen LogP contribution < -0.4 is 14.4 Å². The first kappa shape index (κ1) is 35.4. The summed E-state index contributed by atoms with van der Waals surface area (Å²) >= 11 is 6.47. The van der Waals surface area contributed by atoms with E-state index in [9.17, 15) is 13.8 Å². The molecule has 5 aliphatic rings. The third-order valence-electron chi connectivity index (χ3n) is 11.9. The molecule has 2 aromatic rings. The Kier molecular flexibility index (Phi) is 10.3. The topological polar surface area (TPSA) is 97.4 Å². The lowest BCUT2D eigenvalue weighted by Crippen LogP contribution is -2.50. The number of fused-ring (bicyclic) bond motifs is 4. The highest BCUT2D eigenvalue weighted by molar-refractivity contribution is 7.99. The van der Waals surface area contributed by atoms with Crippen LogP contribution in [0.15, 0.2) is 48.6 Å². The fourth-order valence-corrected chi connectivity index (χ4v) is 10.2. The molecule has 50 heavy (non-hydrogen) atoms. The second-order valence-corrected chi connectivity index (χ2v) is 17.9. The Labute approximate surface area is 301 Å². The minimum absolute atomic E-state index is 0.0108. The molecule has 2 amide bonds. The van der Waals surface area contributed by atoms with Gasteiger partial charge in [-0.1, -0.05) is 36.7 Å². The quantitative estimate of drug-likeness (QED) is 0.334. The van der Waals surface area contributed by atoms with E-state index in [4.69, 9.17) is 25.8 Å². The number of amides is 2. The number of morpholine rings is 1. The van der Waals surface area contributed by atoms with Gasteiger partial charge in [-0.05, 0) is 111 Å². The fourth-order valence-electron chi connectivity index (χ4n) is 8.49. The largest absolute Gasteiger partial charge is 0.490 e. The Bertz CT molecular complexity index is 1740. The molecule has 2 aliphatic carbocycles. The van der Waals surface area contributed by atoms with E-state index < -0.39 is 15.6 Å². The lowest BCUT2D eigenvalue weighted by Gasteiger charge is -2.46. The molecule has 0 radical (unpaired) electrons. The van der Waals surface area contributed by atoms with Crippen molar-refractivity contribution >= 4 is 44.7 Å². The van der Waals surface area contributed by atoms with Gasteiger partial charge in [-0.25, -0.2) is 4.21 Å². The predicted octanol–water partition coefficient (Wildman–Crippen LogP) is 5.43. The zero-order chi connectivity index (χ0) is 35.0. The molecule has 3 heterocycles. The van der Waals surface area contributed by atoms with Crippen molar-refractivity contribution in [3.8, 4) is 5.75 Å². The van der Waals surface area contributed by atoms with Crippen LogP contribution in [0.25, 0.3) is 0 Å². The molecule has 1 spiro atoms. The first-order valence-electron chi connectivity index (χ1n) is 18.2. The van der Waals surface area contributed by atoms with Crippen LogP contribution in [0.2, 0.25) is 5.02 Å². The molecular weight excluding hydrogens is 674 g/mol. The molecule has 2 bridgehead atoms. The molecule has 9 nitrogen and oxygen atoms in total. The lowest BCUT2D eigenvalue weighted by atomic mass is 9.68. The molecule has 11 heteroatoms. The van der Waals surface area contributed by atoms with Crippen LogP contribution in [0.3, 0.4) is 0 Å². The van der Waals surface area contributed by atoms with Crippen molar-refractivity contribution in [2.24, 2.45) is 17.8 Å². The average molecular weight is 724 g/mol. The number of nitrogens with zero attached hydrogens (tertiary/aromatic N) is 2. The van der Waals surface area contributed by atoms with E-state index in [0.29, 0.717) is 50.8 Å². The van der Waals surface area contributed by atoms with Crippen molar-refractivity contribution in [1.82, 2.24) is 9.62 Å². The third kappa shape index (κ3) is 7.18. The Balaban J connectivity index is 1.24. The van der Waals surface area contributed by atoms with Crippen molar-refractivity contribution in [3.63, 3.8) is 0 Å². The molecule has 0 aromatic heterocycles. The fraction of sp³-hybridized carbons (Fsp3) is 0.564. The molecule has 1 saturated carbocycles. The van der Waals surface area contributed by atoms with Gasteiger partial charge in [0.1, 0.15) is 12.4 Å². The van der Waals surface area contributed by atoms with Crippen molar-refractivity contribution in [2.45, 2.75) is 69.1 Å². The number of halogens is 1. The number of carbonyl (C=O) groups is 2. The third-order valence-corrected chi connectivity index (χ3v) is 14.3. The van der Waals surface area contributed by atoms with Gasteiger partial charge in [0.2, 0.25) is 5.91 Å². The standard InChI is InChI=1S/C39H50ClN3O6S/c1-26-6-4-8-35(48-23-37(44)42-16-18-47-19-17-42)32-12-9-30(32)22-43-24-39(15-5-7-28-20-31(40)11-13-33(28)39)25-49-36-14-10-29(21-34(36)43)38(45)41-50(3,46)27(26)2/h4,8,10-11,13-14,20-21,26-27,30,32,35H,3,5-7,9,12,15-19,22-25H2,1-2H3,(H,41,45,46)/b8-4+/t26-,27+,30-,32+,35-,39-,50?/m0/s1. The number of ether oxygens (including phenoxy) is 3. The molecule has 1 N–H and O–H groups in total. The minimum atomic E-state index is -2.97. The van der Waals surface area contributed by atoms with Crippen LogP contribution >= 0.6 is 11.6 Å². The van der Waals surface area contributed by atoms with Crippen LogP contribution in [0.5, 0.6) is 5.75 Å². The summed E-state index contributed by atoms with van der Waals surface area (Å²) in [5, 5.41) is 0.372. The number of hydrogen-bond acceptors (Lipinski definition) is 7. The van der Waals surface area contributed by atoms with Crippen LogP contribution in [0.1, 0.15) is 67.4 Å². The summed E-state index contributed by atoms with van der Waals surface area (Å²) in [5.74, 6) is 4.84. The monoisotopic (exact) mass is 723 g/mol. The molecule has 270 valence electrons. The number of hydrogen-bond donors (Lipinski definition) is 1. The van der Waals surface area contributed by atoms with Gasteiger partial charge < -0.3 is 24.0 Å². The molecule has 1 unspecified atom stereocenters.